The fourth-order valence-corrected chi connectivity index (χ4v) is 3.42. The van der Waals surface area contributed by atoms with Crippen molar-refractivity contribution in [3.63, 3.8) is 0 Å². The molecule has 0 aliphatic rings. The SMILES string of the molecule is C#CCNS(=O)(=O)c1cnc(-c2ccccc2)s1. The predicted molar refractivity (Wildman–Crippen MR) is 71.6 cm³/mol. The normalized spacial score (nSPS) is 11.1. The fraction of sp³-hybridized carbons (Fsp3) is 0.0833. The lowest BCUT2D eigenvalue weighted by Crippen LogP contribution is -2.22. The number of aromatic nitrogens is 1. The molecule has 1 N–H and O–H groups in total. The van der Waals surface area contributed by atoms with E-state index < -0.39 is 10.0 Å². The second-order valence-electron chi connectivity index (χ2n) is 3.38. The molecular formula is C12H10N2O2S2. The Balaban J connectivity index is 2.29. The molecule has 0 bridgehead atoms. The quantitative estimate of drug-likeness (QED) is 0.866. The van der Waals surface area contributed by atoms with E-state index in [2.05, 4.69) is 15.6 Å². The lowest BCUT2D eigenvalue weighted by molar-refractivity contribution is 0.588. The third-order valence-corrected chi connectivity index (χ3v) is 5.04. The van der Waals surface area contributed by atoms with Crippen LogP contribution in [-0.4, -0.2) is 19.9 Å². The van der Waals surface area contributed by atoms with Gasteiger partial charge in [-0.15, -0.1) is 17.8 Å². The minimum absolute atomic E-state index is 0.0269. The number of sulfonamides is 1. The van der Waals surface area contributed by atoms with Gasteiger partial charge in [-0.3, -0.25) is 0 Å². The number of nitrogens with one attached hydrogen (secondary N) is 1. The summed E-state index contributed by atoms with van der Waals surface area (Å²) >= 11 is 1.11. The number of benzene rings is 1. The van der Waals surface area contributed by atoms with Gasteiger partial charge >= 0.3 is 0 Å². The zero-order valence-electron chi connectivity index (χ0n) is 9.33. The highest BCUT2D eigenvalue weighted by atomic mass is 32.2. The number of nitrogens with zero attached hydrogens (tertiary/aromatic N) is 1. The largest absolute Gasteiger partial charge is 0.252 e. The van der Waals surface area contributed by atoms with Crippen molar-refractivity contribution in [2.45, 2.75) is 4.21 Å². The van der Waals surface area contributed by atoms with Crippen molar-refractivity contribution >= 4 is 21.4 Å². The van der Waals surface area contributed by atoms with Crippen molar-refractivity contribution in [3.05, 3.63) is 36.5 Å². The van der Waals surface area contributed by atoms with Crippen LogP contribution in [-0.2, 0) is 10.0 Å². The first kappa shape index (κ1) is 12.8. The number of hydrogen-bond acceptors (Lipinski definition) is 4. The van der Waals surface area contributed by atoms with Crippen LogP contribution in [0.3, 0.4) is 0 Å². The molecule has 0 spiro atoms. The Morgan fingerprint density at radius 3 is 2.72 bits per heavy atom. The summed E-state index contributed by atoms with van der Waals surface area (Å²) in [4.78, 5) is 4.11. The van der Waals surface area contributed by atoms with Crippen LogP contribution in [0.4, 0.5) is 0 Å². The Labute approximate surface area is 110 Å². The minimum atomic E-state index is -3.55. The molecular weight excluding hydrogens is 268 g/mol. The summed E-state index contributed by atoms with van der Waals surface area (Å²) in [5.74, 6) is 2.23. The van der Waals surface area contributed by atoms with Gasteiger partial charge in [-0.25, -0.2) is 13.4 Å². The Bertz CT molecular complexity index is 670. The van der Waals surface area contributed by atoms with Crippen LogP contribution >= 0.6 is 11.3 Å². The second kappa shape index (κ2) is 5.31. The molecule has 6 heteroatoms. The van der Waals surface area contributed by atoms with Crippen molar-refractivity contribution in [2.75, 3.05) is 6.54 Å². The molecule has 0 aliphatic heterocycles. The van der Waals surface area contributed by atoms with Gasteiger partial charge in [0.1, 0.15) is 5.01 Å². The van der Waals surface area contributed by atoms with E-state index in [0.29, 0.717) is 5.01 Å². The van der Waals surface area contributed by atoms with E-state index in [0.717, 1.165) is 16.9 Å². The zero-order chi connectivity index (χ0) is 13.0. The summed E-state index contributed by atoms with van der Waals surface area (Å²) in [6, 6.07) is 9.40. The first-order valence-electron chi connectivity index (χ1n) is 5.08. The molecule has 0 aliphatic carbocycles. The van der Waals surface area contributed by atoms with Gasteiger partial charge in [-0.05, 0) is 0 Å². The van der Waals surface area contributed by atoms with E-state index in [9.17, 15) is 8.42 Å². The average Bonchev–Trinajstić information content (AvgIpc) is 2.88. The molecule has 4 nitrogen and oxygen atoms in total. The molecule has 18 heavy (non-hydrogen) atoms. The molecule has 92 valence electrons. The topological polar surface area (TPSA) is 59.1 Å². The highest BCUT2D eigenvalue weighted by molar-refractivity contribution is 7.91. The molecule has 0 saturated carbocycles. The second-order valence-corrected chi connectivity index (χ2v) is 6.40. The van der Waals surface area contributed by atoms with Crippen LogP contribution in [0.1, 0.15) is 0 Å². The fourth-order valence-electron chi connectivity index (χ4n) is 1.31. The van der Waals surface area contributed by atoms with Gasteiger partial charge in [0.05, 0.1) is 12.7 Å². The number of thiazole rings is 1. The first-order chi connectivity index (χ1) is 8.63. The molecule has 1 aromatic carbocycles. The van der Waals surface area contributed by atoms with Gasteiger partial charge in [-0.1, -0.05) is 36.3 Å². The smallest absolute Gasteiger partial charge is 0.243 e. The summed E-state index contributed by atoms with van der Waals surface area (Å²) in [6.07, 6.45) is 6.36. The van der Waals surface area contributed by atoms with Gasteiger partial charge in [0, 0.05) is 5.56 Å². The lowest BCUT2D eigenvalue weighted by Gasteiger charge is -1.98. The standard InChI is InChI=1S/C12H10N2O2S2/c1-2-8-14-18(15,16)11-9-13-12(17-11)10-6-4-3-5-7-10/h1,3-7,9,14H,8H2. The van der Waals surface area contributed by atoms with Crippen LogP contribution in [0.2, 0.25) is 0 Å². The van der Waals surface area contributed by atoms with E-state index in [1.165, 1.54) is 6.20 Å². The average molecular weight is 278 g/mol. The van der Waals surface area contributed by atoms with Crippen LogP contribution < -0.4 is 4.72 Å². The van der Waals surface area contributed by atoms with Gasteiger partial charge in [0.15, 0.2) is 4.21 Å². The molecule has 1 heterocycles. The predicted octanol–water partition coefficient (Wildman–Crippen LogP) is 1.72. The Kier molecular flexibility index (Phi) is 3.77. The van der Waals surface area contributed by atoms with Gasteiger partial charge < -0.3 is 0 Å². The molecule has 0 saturated heterocycles. The summed E-state index contributed by atoms with van der Waals surface area (Å²) in [6.45, 7) is -0.0269. The number of hydrogen-bond donors (Lipinski definition) is 1. The van der Waals surface area contributed by atoms with Crippen molar-refractivity contribution in [1.82, 2.24) is 9.71 Å². The first-order valence-corrected chi connectivity index (χ1v) is 7.38. The Morgan fingerprint density at radius 1 is 1.33 bits per heavy atom. The zero-order valence-corrected chi connectivity index (χ0v) is 11.0. The highest BCUT2D eigenvalue weighted by Crippen LogP contribution is 2.27. The van der Waals surface area contributed by atoms with Crippen LogP contribution in [0.15, 0.2) is 40.7 Å². The Morgan fingerprint density at radius 2 is 2.06 bits per heavy atom. The maximum atomic E-state index is 11.8. The van der Waals surface area contributed by atoms with Gasteiger partial charge in [0.2, 0.25) is 0 Å². The monoisotopic (exact) mass is 278 g/mol. The highest BCUT2D eigenvalue weighted by Gasteiger charge is 2.17. The molecule has 0 fully saturated rings. The molecule has 0 amide bonds. The minimum Gasteiger partial charge on any atom is -0.243 e. The van der Waals surface area contributed by atoms with Crippen molar-refractivity contribution in [3.8, 4) is 22.9 Å². The van der Waals surface area contributed by atoms with E-state index in [-0.39, 0.29) is 10.8 Å². The molecule has 0 unspecified atom stereocenters. The maximum absolute atomic E-state index is 11.8. The van der Waals surface area contributed by atoms with Crippen molar-refractivity contribution in [1.29, 1.82) is 0 Å². The van der Waals surface area contributed by atoms with E-state index in [1.54, 1.807) is 0 Å². The van der Waals surface area contributed by atoms with E-state index in [4.69, 9.17) is 6.42 Å². The number of rotatable bonds is 4. The number of terminal acetylenes is 1. The molecule has 0 atom stereocenters. The molecule has 1 aromatic heterocycles. The third kappa shape index (κ3) is 2.76. The summed E-state index contributed by atoms with van der Waals surface area (Å²) in [7, 11) is -3.55. The summed E-state index contributed by atoms with van der Waals surface area (Å²) < 4.78 is 26.1. The van der Waals surface area contributed by atoms with Gasteiger partial charge in [-0.2, -0.15) is 4.72 Å². The maximum Gasteiger partial charge on any atom is 0.252 e. The van der Waals surface area contributed by atoms with E-state index in [1.807, 2.05) is 30.3 Å². The van der Waals surface area contributed by atoms with Crippen molar-refractivity contribution in [2.24, 2.45) is 0 Å². The summed E-state index contributed by atoms with van der Waals surface area (Å²) in [5.41, 5.74) is 0.890. The van der Waals surface area contributed by atoms with Gasteiger partial charge in [0.25, 0.3) is 10.0 Å². The van der Waals surface area contributed by atoms with Crippen LogP contribution in [0.5, 0.6) is 0 Å². The van der Waals surface area contributed by atoms with Crippen LogP contribution in [0.25, 0.3) is 10.6 Å². The molecule has 0 radical (unpaired) electrons. The molecule has 2 rings (SSSR count). The van der Waals surface area contributed by atoms with E-state index >= 15 is 0 Å². The summed E-state index contributed by atoms with van der Waals surface area (Å²) in [5, 5.41) is 0.664. The Hall–Kier alpha value is -1.68. The third-order valence-electron chi connectivity index (χ3n) is 2.13. The van der Waals surface area contributed by atoms with Crippen LogP contribution in [0, 0.1) is 12.3 Å². The lowest BCUT2D eigenvalue weighted by atomic mass is 10.2. The van der Waals surface area contributed by atoms with Crippen molar-refractivity contribution < 1.29 is 8.42 Å². The molecule has 2 aromatic rings.